The SMILES string of the molecule is O=S(=O)(Nc1nc2ccccc2[nH]1)c1cnc(Cl)nc1. The highest BCUT2D eigenvalue weighted by Gasteiger charge is 2.17. The first-order valence-electron chi connectivity index (χ1n) is 5.50. The molecule has 2 heterocycles. The third-order valence-electron chi connectivity index (χ3n) is 2.53. The summed E-state index contributed by atoms with van der Waals surface area (Å²) in [6, 6.07) is 7.21. The Morgan fingerprint density at radius 2 is 1.85 bits per heavy atom. The van der Waals surface area contributed by atoms with Gasteiger partial charge in [0.25, 0.3) is 10.0 Å². The first kappa shape index (κ1) is 12.8. The fourth-order valence-electron chi connectivity index (χ4n) is 1.63. The Balaban J connectivity index is 1.94. The number of halogens is 1. The van der Waals surface area contributed by atoms with E-state index in [1.54, 1.807) is 12.1 Å². The molecule has 0 fully saturated rings. The zero-order valence-electron chi connectivity index (χ0n) is 9.91. The molecular formula is C11H8ClN5O2S. The van der Waals surface area contributed by atoms with Crippen molar-refractivity contribution < 1.29 is 8.42 Å². The van der Waals surface area contributed by atoms with Crippen LogP contribution < -0.4 is 4.72 Å². The van der Waals surface area contributed by atoms with Gasteiger partial charge >= 0.3 is 0 Å². The fourth-order valence-corrected chi connectivity index (χ4v) is 2.58. The van der Waals surface area contributed by atoms with Crippen LogP contribution in [0.2, 0.25) is 5.28 Å². The highest BCUT2D eigenvalue weighted by atomic mass is 35.5. The molecular weight excluding hydrogens is 302 g/mol. The quantitative estimate of drug-likeness (QED) is 0.719. The van der Waals surface area contributed by atoms with E-state index in [2.05, 4.69) is 24.7 Å². The van der Waals surface area contributed by atoms with Gasteiger partial charge < -0.3 is 4.98 Å². The summed E-state index contributed by atoms with van der Waals surface area (Å²) in [5.41, 5.74) is 1.40. The number of nitrogens with zero attached hydrogens (tertiary/aromatic N) is 3. The smallest absolute Gasteiger partial charge is 0.267 e. The second kappa shape index (κ2) is 4.73. The van der Waals surface area contributed by atoms with E-state index in [0.717, 1.165) is 17.9 Å². The maximum atomic E-state index is 12.1. The minimum absolute atomic E-state index is 0.0207. The minimum atomic E-state index is -3.81. The van der Waals surface area contributed by atoms with Crippen LogP contribution in [0.25, 0.3) is 11.0 Å². The molecule has 0 atom stereocenters. The van der Waals surface area contributed by atoms with Gasteiger partial charge in [0.1, 0.15) is 4.90 Å². The van der Waals surface area contributed by atoms with Crippen molar-refractivity contribution in [3.8, 4) is 0 Å². The number of hydrogen-bond donors (Lipinski definition) is 2. The molecule has 102 valence electrons. The standard InChI is InChI=1S/C11H8ClN5O2S/c12-10-13-5-7(6-14-10)20(18,19)17-11-15-8-3-1-2-4-9(8)16-11/h1-6H,(H2,15,16,17). The molecule has 0 saturated heterocycles. The number of hydrogen-bond acceptors (Lipinski definition) is 5. The zero-order valence-corrected chi connectivity index (χ0v) is 11.5. The van der Waals surface area contributed by atoms with Crippen LogP contribution in [-0.2, 0) is 10.0 Å². The molecule has 3 aromatic rings. The number of para-hydroxylation sites is 2. The van der Waals surface area contributed by atoms with Crippen molar-refractivity contribution in [3.05, 3.63) is 41.9 Å². The van der Waals surface area contributed by atoms with Gasteiger partial charge in [-0.3, -0.25) is 0 Å². The van der Waals surface area contributed by atoms with Crippen molar-refractivity contribution in [1.82, 2.24) is 19.9 Å². The summed E-state index contributed by atoms with van der Waals surface area (Å²) >= 11 is 5.52. The topological polar surface area (TPSA) is 101 Å². The van der Waals surface area contributed by atoms with Crippen LogP contribution in [0.1, 0.15) is 0 Å². The lowest BCUT2D eigenvalue weighted by molar-refractivity contribution is 0.600. The Morgan fingerprint density at radius 3 is 2.55 bits per heavy atom. The normalized spacial score (nSPS) is 11.7. The molecule has 0 aliphatic heterocycles. The highest BCUT2D eigenvalue weighted by Crippen LogP contribution is 2.17. The van der Waals surface area contributed by atoms with E-state index in [1.165, 1.54) is 0 Å². The molecule has 3 rings (SSSR count). The van der Waals surface area contributed by atoms with Crippen LogP contribution in [0, 0.1) is 0 Å². The van der Waals surface area contributed by atoms with E-state index in [9.17, 15) is 8.42 Å². The summed E-state index contributed by atoms with van der Waals surface area (Å²) in [5, 5.41) is -0.0207. The molecule has 0 spiro atoms. The van der Waals surface area contributed by atoms with Gasteiger partial charge in [0.05, 0.1) is 23.4 Å². The van der Waals surface area contributed by atoms with Gasteiger partial charge in [0.2, 0.25) is 11.2 Å². The van der Waals surface area contributed by atoms with Crippen molar-refractivity contribution >= 4 is 38.6 Å². The summed E-state index contributed by atoms with van der Waals surface area (Å²) in [4.78, 5) is 14.2. The molecule has 20 heavy (non-hydrogen) atoms. The molecule has 7 nitrogen and oxygen atoms in total. The monoisotopic (exact) mass is 309 g/mol. The van der Waals surface area contributed by atoms with Crippen LogP contribution in [-0.4, -0.2) is 28.4 Å². The molecule has 0 saturated carbocycles. The molecule has 0 amide bonds. The lowest BCUT2D eigenvalue weighted by atomic mass is 10.3. The van der Waals surface area contributed by atoms with E-state index in [4.69, 9.17) is 11.6 Å². The Bertz CT molecular complexity index is 827. The summed E-state index contributed by atoms with van der Waals surface area (Å²) in [6.45, 7) is 0. The van der Waals surface area contributed by atoms with Gasteiger partial charge in [-0.25, -0.2) is 28.1 Å². The lowest BCUT2D eigenvalue weighted by Gasteiger charge is -2.03. The van der Waals surface area contributed by atoms with Crippen molar-refractivity contribution in [2.45, 2.75) is 4.90 Å². The van der Waals surface area contributed by atoms with Gasteiger partial charge in [-0.1, -0.05) is 12.1 Å². The van der Waals surface area contributed by atoms with E-state index < -0.39 is 10.0 Å². The number of aromatic amines is 1. The summed E-state index contributed by atoms with van der Waals surface area (Å²) < 4.78 is 26.5. The first-order valence-corrected chi connectivity index (χ1v) is 7.36. The second-order valence-electron chi connectivity index (χ2n) is 3.90. The van der Waals surface area contributed by atoms with Gasteiger partial charge in [0.15, 0.2) is 0 Å². The maximum absolute atomic E-state index is 12.1. The maximum Gasteiger partial charge on any atom is 0.267 e. The van der Waals surface area contributed by atoms with Crippen molar-refractivity contribution in [2.75, 3.05) is 4.72 Å². The Hall–Kier alpha value is -2.19. The second-order valence-corrected chi connectivity index (χ2v) is 5.92. The summed E-state index contributed by atoms with van der Waals surface area (Å²) in [6.07, 6.45) is 2.25. The lowest BCUT2D eigenvalue weighted by Crippen LogP contribution is -2.14. The molecule has 0 bridgehead atoms. The van der Waals surface area contributed by atoms with Crippen LogP contribution >= 0.6 is 11.6 Å². The molecule has 0 radical (unpaired) electrons. The largest absolute Gasteiger partial charge is 0.323 e. The molecule has 1 aromatic carbocycles. The number of fused-ring (bicyclic) bond motifs is 1. The first-order chi connectivity index (χ1) is 9.54. The van der Waals surface area contributed by atoms with E-state index in [0.29, 0.717) is 5.52 Å². The molecule has 2 N–H and O–H groups in total. The third kappa shape index (κ3) is 2.43. The zero-order chi connectivity index (χ0) is 14.2. The summed E-state index contributed by atoms with van der Waals surface area (Å²) in [5.74, 6) is 0.126. The van der Waals surface area contributed by atoms with E-state index in [-0.39, 0.29) is 16.1 Å². The molecule has 0 unspecified atom stereocenters. The number of anilines is 1. The predicted octanol–water partition coefficient (Wildman–Crippen LogP) is 1.81. The number of benzene rings is 1. The number of aromatic nitrogens is 4. The average Bonchev–Trinajstić information content (AvgIpc) is 2.80. The Morgan fingerprint density at radius 1 is 1.15 bits per heavy atom. The minimum Gasteiger partial charge on any atom is -0.323 e. The Kier molecular flexibility index (Phi) is 3.03. The number of sulfonamides is 1. The van der Waals surface area contributed by atoms with Crippen LogP contribution in [0.4, 0.5) is 5.95 Å². The van der Waals surface area contributed by atoms with E-state index >= 15 is 0 Å². The molecule has 0 aliphatic rings. The fraction of sp³-hybridized carbons (Fsp3) is 0. The summed E-state index contributed by atoms with van der Waals surface area (Å²) in [7, 11) is -3.81. The van der Waals surface area contributed by atoms with Crippen LogP contribution in [0.3, 0.4) is 0 Å². The third-order valence-corrected chi connectivity index (χ3v) is 4.02. The van der Waals surface area contributed by atoms with Gasteiger partial charge in [-0.2, -0.15) is 0 Å². The van der Waals surface area contributed by atoms with Crippen molar-refractivity contribution in [3.63, 3.8) is 0 Å². The van der Waals surface area contributed by atoms with Crippen LogP contribution in [0.5, 0.6) is 0 Å². The van der Waals surface area contributed by atoms with Crippen LogP contribution in [0.15, 0.2) is 41.6 Å². The number of rotatable bonds is 3. The van der Waals surface area contributed by atoms with Gasteiger partial charge in [-0.05, 0) is 23.7 Å². The van der Waals surface area contributed by atoms with Gasteiger partial charge in [0, 0.05) is 0 Å². The van der Waals surface area contributed by atoms with Gasteiger partial charge in [-0.15, -0.1) is 0 Å². The van der Waals surface area contributed by atoms with Crippen molar-refractivity contribution in [2.24, 2.45) is 0 Å². The Labute approximate surface area is 119 Å². The number of nitrogens with one attached hydrogen (secondary N) is 2. The molecule has 2 aromatic heterocycles. The van der Waals surface area contributed by atoms with E-state index in [1.807, 2.05) is 12.1 Å². The van der Waals surface area contributed by atoms with Crippen molar-refractivity contribution in [1.29, 1.82) is 0 Å². The molecule has 9 heteroatoms. The number of imidazole rings is 1. The molecule has 0 aliphatic carbocycles. The number of H-pyrrole nitrogens is 1. The average molecular weight is 310 g/mol. The predicted molar refractivity (Wildman–Crippen MR) is 73.9 cm³/mol. The highest BCUT2D eigenvalue weighted by molar-refractivity contribution is 7.92.